The second-order valence-corrected chi connectivity index (χ2v) is 6.67. The summed E-state index contributed by atoms with van der Waals surface area (Å²) in [5.41, 5.74) is 6.56. The van der Waals surface area contributed by atoms with Crippen molar-refractivity contribution in [2.75, 3.05) is 0 Å². The van der Waals surface area contributed by atoms with Crippen LogP contribution in [0.2, 0.25) is 0 Å². The molecule has 3 heteroatoms. The van der Waals surface area contributed by atoms with Gasteiger partial charge in [-0.2, -0.15) is 0 Å². The highest BCUT2D eigenvalue weighted by atomic mass is 16.3. The smallest absolute Gasteiger partial charge is 0.144 e. The molecule has 3 nitrogen and oxygen atoms in total. The average Bonchev–Trinajstić information content (AvgIpc) is 3.25. The van der Waals surface area contributed by atoms with Crippen LogP contribution in [-0.2, 0) is 0 Å². The van der Waals surface area contributed by atoms with Crippen LogP contribution < -0.4 is 0 Å². The summed E-state index contributed by atoms with van der Waals surface area (Å²) in [5, 5.41) is 2.25. The standard InChI is InChI=1S/C23H18N2O/c1-15-6-5-7-16(2)22(15)25-13-12-24-23(25)17-10-11-21-19(14-17)18-8-3-4-9-20(18)26-21/h3-14H,1-2H3. The van der Waals surface area contributed by atoms with Gasteiger partial charge in [0, 0.05) is 28.7 Å². The molecule has 0 aliphatic carbocycles. The van der Waals surface area contributed by atoms with Crippen molar-refractivity contribution in [1.29, 1.82) is 0 Å². The fraction of sp³-hybridized carbons (Fsp3) is 0.0870. The van der Waals surface area contributed by atoms with E-state index in [1.807, 2.05) is 36.7 Å². The van der Waals surface area contributed by atoms with Crippen LogP contribution in [-0.4, -0.2) is 9.55 Å². The van der Waals surface area contributed by atoms with Crippen LogP contribution in [0.1, 0.15) is 11.1 Å². The Bertz CT molecular complexity index is 1240. The molecule has 0 saturated carbocycles. The fourth-order valence-electron chi connectivity index (χ4n) is 3.75. The second-order valence-electron chi connectivity index (χ2n) is 6.67. The van der Waals surface area contributed by atoms with Crippen LogP contribution >= 0.6 is 0 Å². The second kappa shape index (κ2) is 5.60. The monoisotopic (exact) mass is 338 g/mol. The van der Waals surface area contributed by atoms with Gasteiger partial charge in [-0.05, 0) is 49.2 Å². The maximum atomic E-state index is 5.95. The molecule has 0 aliphatic heterocycles. The normalized spacial score (nSPS) is 11.5. The lowest BCUT2D eigenvalue weighted by molar-refractivity contribution is 0.669. The summed E-state index contributed by atoms with van der Waals surface area (Å²) >= 11 is 0. The highest BCUT2D eigenvalue weighted by Gasteiger charge is 2.14. The summed E-state index contributed by atoms with van der Waals surface area (Å²) in [4.78, 5) is 4.65. The van der Waals surface area contributed by atoms with E-state index in [-0.39, 0.29) is 0 Å². The van der Waals surface area contributed by atoms with E-state index in [0.717, 1.165) is 33.3 Å². The SMILES string of the molecule is Cc1cccc(C)c1-n1ccnc1-c1ccc2oc3ccccc3c2c1. The van der Waals surface area contributed by atoms with Crippen LogP contribution in [0.15, 0.2) is 77.5 Å². The number of furan rings is 1. The van der Waals surface area contributed by atoms with Crippen LogP contribution in [0, 0.1) is 13.8 Å². The molecular weight excluding hydrogens is 320 g/mol. The van der Waals surface area contributed by atoms with Crippen molar-refractivity contribution in [1.82, 2.24) is 9.55 Å². The Morgan fingerprint density at radius 1 is 0.808 bits per heavy atom. The lowest BCUT2D eigenvalue weighted by Crippen LogP contribution is -2.01. The fourth-order valence-corrected chi connectivity index (χ4v) is 3.75. The summed E-state index contributed by atoms with van der Waals surface area (Å²) in [7, 11) is 0. The first-order valence-corrected chi connectivity index (χ1v) is 8.74. The largest absolute Gasteiger partial charge is 0.456 e. The molecule has 0 saturated heterocycles. The molecule has 0 bridgehead atoms. The molecule has 0 N–H and O–H groups in total. The Morgan fingerprint density at radius 2 is 1.58 bits per heavy atom. The predicted molar refractivity (Wildman–Crippen MR) is 106 cm³/mol. The van der Waals surface area contributed by atoms with Crippen molar-refractivity contribution in [3.05, 3.63) is 84.2 Å². The first-order chi connectivity index (χ1) is 12.7. The summed E-state index contributed by atoms with van der Waals surface area (Å²) in [6.45, 7) is 4.28. The van der Waals surface area contributed by atoms with Crippen LogP contribution in [0.5, 0.6) is 0 Å². The number of hydrogen-bond donors (Lipinski definition) is 0. The van der Waals surface area contributed by atoms with Gasteiger partial charge < -0.3 is 4.42 Å². The van der Waals surface area contributed by atoms with Gasteiger partial charge in [0.25, 0.3) is 0 Å². The minimum Gasteiger partial charge on any atom is -0.456 e. The van der Waals surface area contributed by atoms with Crippen molar-refractivity contribution in [2.24, 2.45) is 0 Å². The van der Waals surface area contributed by atoms with Crippen LogP contribution in [0.4, 0.5) is 0 Å². The van der Waals surface area contributed by atoms with Crippen molar-refractivity contribution in [2.45, 2.75) is 13.8 Å². The van der Waals surface area contributed by atoms with Crippen molar-refractivity contribution in [3.63, 3.8) is 0 Å². The maximum absolute atomic E-state index is 5.95. The van der Waals surface area contributed by atoms with E-state index in [1.54, 1.807) is 0 Å². The van der Waals surface area contributed by atoms with Gasteiger partial charge in [-0.15, -0.1) is 0 Å². The first kappa shape index (κ1) is 15.0. The third kappa shape index (κ3) is 2.17. The molecule has 2 heterocycles. The van der Waals surface area contributed by atoms with Gasteiger partial charge in [0.2, 0.25) is 0 Å². The molecule has 3 aromatic carbocycles. The molecule has 5 aromatic rings. The molecule has 0 aliphatic rings. The third-order valence-corrected chi connectivity index (χ3v) is 4.96. The highest BCUT2D eigenvalue weighted by Crippen LogP contribution is 2.33. The average molecular weight is 338 g/mol. The summed E-state index contributed by atoms with van der Waals surface area (Å²) in [6, 6.07) is 20.8. The van der Waals surface area contributed by atoms with Crippen LogP contribution in [0.25, 0.3) is 39.0 Å². The molecule has 2 aromatic heterocycles. The van der Waals surface area contributed by atoms with Gasteiger partial charge in [0.05, 0.1) is 5.69 Å². The lowest BCUT2D eigenvalue weighted by Gasteiger charge is -2.14. The van der Waals surface area contributed by atoms with Gasteiger partial charge in [0.1, 0.15) is 17.0 Å². The molecule has 5 rings (SSSR count). The van der Waals surface area contributed by atoms with E-state index >= 15 is 0 Å². The van der Waals surface area contributed by atoms with E-state index in [1.165, 1.54) is 16.8 Å². The number of hydrogen-bond acceptors (Lipinski definition) is 2. The van der Waals surface area contributed by atoms with Gasteiger partial charge >= 0.3 is 0 Å². The Kier molecular flexibility index (Phi) is 3.22. The Labute approximate surface area is 151 Å². The van der Waals surface area contributed by atoms with Crippen molar-refractivity contribution in [3.8, 4) is 17.1 Å². The Balaban J connectivity index is 1.75. The molecule has 0 fully saturated rings. The zero-order valence-electron chi connectivity index (χ0n) is 14.7. The molecule has 0 amide bonds. The Hall–Kier alpha value is -3.33. The molecule has 26 heavy (non-hydrogen) atoms. The first-order valence-electron chi connectivity index (χ1n) is 8.74. The van der Waals surface area contributed by atoms with E-state index < -0.39 is 0 Å². The number of para-hydroxylation sites is 2. The minimum absolute atomic E-state index is 0.903. The van der Waals surface area contributed by atoms with Crippen molar-refractivity contribution < 1.29 is 4.42 Å². The number of aryl methyl sites for hydroxylation is 2. The van der Waals surface area contributed by atoms with E-state index in [9.17, 15) is 0 Å². The molecular formula is C23H18N2O. The van der Waals surface area contributed by atoms with E-state index in [0.29, 0.717) is 0 Å². The van der Waals surface area contributed by atoms with Gasteiger partial charge in [0.15, 0.2) is 0 Å². The Morgan fingerprint density at radius 3 is 2.42 bits per heavy atom. The van der Waals surface area contributed by atoms with Gasteiger partial charge in [-0.25, -0.2) is 4.98 Å². The topological polar surface area (TPSA) is 31.0 Å². The van der Waals surface area contributed by atoms with Crippen LogP contribution in [0.3, 0.4) is 0 Å². The molecule has 0 radical (unpaired) electrons. The quantitative estimate of drug-likeness (QED) is 0.392. The molecule has 0 atom stereocenters. The summed E-state index contributed by atoms with van der Waals surface area (Å²) in [5.74, 6) is 0.939. The summed E-state index contributed by atoms with van der Waals surface area (Å²) in [6.07, 6.45) is 3.89. The highest BCUT2D eigenvalue weighted by molar-refractivity contribution is 6.06. The van der Waals surface area contributed by atoms with E-state index in [2.05, 4.69) is 59.8 Å². The third-order valence-electron chi connectivity index (χ3n) is 4.96. The van der Waals surface area contributed by atoms with Crippen molar-refractivity contribution >= 4 is 21.9 Å². The van der Waals surface area contributed by atoms with Gasteiger partial charge in [-0.3, -0.25) is 4.57 Å². The zero-order valence-corrected chi connectivity index (χ0v) is 14.7. The predicted octanol–water partition coefficient (Wildman–Crippen LogP) is 6.06. The number of benzene rings is 3. The number of imidazole rings is 1. The number of nitrogens with zero attached hydrogens (tertiary/aromatic N) is 2. The van der Waals surface area contributed by atoms with E-state index in [4.69, 9.17) is 4.42 Å². The minimum atomic E-state index is 0.903. The van der Waals surface area contributed by atoms with Gasteiger partial charge in [-0.1, -0.05) is 36.4 Å². The maximum Gasteiger partial charge on any atom is 0.144 e. The molecule has 0 unspecified atom stereocenters. The summed E-state index contributed by atoms with van der Waals surface area (Å²) < 4.78 is 8.13. The number of aromatic nitrogens is 2. The lowest BCUT2D eigenvalue weighted by atomic mass is 10.1. The number of fused-ring (bicyclic) bond motifs is 3. The number of rotatable bonds is 2. The molecule has 126 valence electrons. The zero-order chi connectivity index (χ0) is 17.7. The molecule has 0 spiro atoms.